The Morgan fingerprint density at radius 1 is 1.00 bits per heavy atom. The third kappa shape index (κ3) is 5.90. The number of hydrogen-bond donors (Lipinski definition) is 1. The maximum atomic E-state index is 13.1. The first-order valence-corrected chi connectivity index (χ1v) is 11.9. The highest BCUT2D eigenvalue weighted by molar-refractivity contribution is 7.89. The smallest absolute Gasteiger partial charge is 0.251 e. The molecule has 0 spiro atoms. The van der Waals surface area contributed by atoms with Crippen LogP contribution in [0, 0.1) is 5.92 Å². The molecule has 0 atom stereocenters. The van der Waals surface area contributed by atoms with E-state index in [4.69, 9.17) is 0 Å². The fraction of sp³-hybridized carbons (Fsp3) is 0.435. The van der Waals surface area contributed by atoms with Crippen LogP contribution in [0.2, 0.25) is 0 Å². The van der Waals surface area contributed by atoms with E-state index in [1.165, 1.54) is 15.9 Å². The van der Waals surface area contributed by atoms with Crippen LogP contribution >= 0.6 is 0 Å². The Balaban J connectivity index is 1.61. The summed E-state index contributed by atoms with van der Waals surface area (Å²) < 4.78 is 27.7. The Morgan fingerprint density at radius 2 is 1.70 bits per heavy atom. The second-order valence-electron chi connectivity index (χ2n) is 8.13. The van der Waals surface area contributed by atoms with Crippen LogP contribution in [0.3, 0.4) is 0 Å². The van der Waals surface area contributed by atoms with Gasteiger partial charge >= 0.3 is 0 Å². The first kappa shape index (κ1) is 22.5. The predicted molar refractivity (Wildman–Crippen MR) is 119 cm³/mol. The van der Waals surface area contributed by atoms with Gasteiger partial charge in [0.25, 0.3) is 5.91 Å². The van der Waals surface area contributed by atoms with E-state index >= 15 is 0 Å². The average Bonchev–Trinajstić information content (AvgIpc) is 2.74. The first-order chi connectivity index (χ1) is 14.4. The van der Waals surface area contributed by atoms with Gasteiger partial charge in [0, 0.05) is 44.8 Å². The summed E-state index contributed by atoms with van der Waals surface area (Å²) in [6.07, 6.45) is 0.886. The fourth-order valence-electron chi connectivity index (χ4n) is 3.49. The van der Waals surface area contributed by atoms with Crippen LogP contribution in [0.25, 0.3) is 0 Å². The second kappa shape index (κ2) is 10.2. The quantitative estimate of drug-likeness (QED) is 0.700. The van der Waals surface area contributed by atoms with Crippen molar-refractivity contribution in [1.82, 2.24) is 14.5 Å². The number of rotatable bonds is 8. The van der Waals surface area contributed by atoms with Crippen molar-refractivity contribution in [2.75, 3.05) is 32.7 Å². The van der Waals surface area contributed by atoms with Crippen LogP contribution in [-0.2, 0) is 16.6 Å². The number of carbonyl (C=O) groups excluding carboxylic acids is 1. The van der Waals surface area contributed by atoms with Crippen LogP contribution in [0.1, 0.15) is 36.2 Å². The summed E-state index contributed by atoms with van der Waals surface area (Å²) in [5, 5.41) is 2.86. The van der Waals surface area contributed by atoms with Gasteiger partial charge in [-0.2, -0.15) is 4.31 Å². The molecule has 0 aromatic heterocycles. The molecule has 0 unspecified atom stereocenters. The standard InChI is InChI=1S/C23H31N3O3S/c1-19(2)11-12-24-23(27)21-9-6-10-22(17-21)30(28,29)26-15-13-25(14-16-26)18-20-7-4-3-5-8-20/h3-10,17,19H,11-16,18H2,1-2H3,(H,24,27). The summed E-state index contributed by atoms with van der Waals surface area (Å²) >= 11 is 0. The number of amides is 1. The molecule has 7 heteroatoms. The largest absolute Gasteiger partial charge is 0.352 e. The lowest BCUT2D eigenvalue weighted by Gasteiger charge is -2.34. The van der Waals surface area contributed by atoms with Crippen molar-refractivity contribution in [2.45, 2.75) is 31.7 Å². The van der Waals surface area contributed by atoms with Gasteiger partial charge in [0.2, 0.25) is 10.0 Å². The number of nitrogens with zero attached hydrogens (tertiary/aromatic N) is 2. The molecule has 2 aromatic carbocycles. The van der Waals surface area contributed by atoms with Gasteiger partial charge in [0.15, 0.2) is 0 Å². The van der Waals surface area contributed by atoms with Crippen LogP contribution < -0.4 is 5.32 Å². The molecule has 2 aromatic rings. The lowest BCUT2D eigenvalue weighted by Crippen LogP contribution is -2.48. The molecule has 1 aliphatic heterocycles. The molecule has 1 N–H and O–H groups in total. The summed E-state index contributed by atoms with van der Waals surface area (Å²) in [5.41, 5.74) is 1.60. The first-order valence-electron chi connectivity index (χ1n) is 10.5. The lowest BCUT2D eigenvalue weighted by molar-refractivity contribution is 0.0952. The highest BCUT2D eigenvalue weighted by Gasteiger charge is 2.29. The zero-order valence-corrected chi connectivity index (χ0v) is 18.6. The van der Waals surface area contributed by atoms with E-state index in [9.17, 15) is 13.2 Å². The lowest BCUT2D eigenvalue weighted by atomic mass is 10.1. The summed E-state index contributed by atoms with van der Waals surface area (Å²) in [7, 11) is -3.62. The van der Waals surface area contributed by atoms with Crippen LogP contribution in [-0.4, -0.2) is 56.3 Å². The van der Waals surface area contributed by atoms with Crippen molar-refractivity contribution in [3.63, 3.8) is 0 Å². The van der Waals surface area contributed by atoms with Gasteiger partial charge < -0.3 is 5.32 Å². The molecule has 1 aliphatic rings. The molecule has 0 radical (unpaired) electrons. The Morgan fingerprint density at radius 3 is 2.37 bits per heavy atom. The molecule has 1 heterocycles. The number of carbonyl (C=O) groups is 1. The Labute approximate surface area is 179 Å². The molecule has 0 saturated carbocycles. The molecule has 6 nitrogen and oxygen atoms in total. The van der Waals surface area contributed by atoms with Gasteiger partial charge in [-0.15, -0.1) is 0 Å². The number of benzene rings is 2. The maximum Gasteiger partial charge on any atom is 0.251 e. The van der Waals surface area contributed by atoms with E-state index in [2.05, 4.69) is 36.2 Å². The van der Waals surface area contributed by atoms with Gasteiger partial charge in [0.05, 0.1) is 4.90 Å². The Kier molecular flexibility index (Phi) is 7.64. The van der Waals surface area contributed by atoms with Crippen molar-refractivity contribution >= 4 is 15.9 Å². The van der Waals surface area contributed by atoms with Crippen LogP contribution in [0.15, 0.2) is 59.5 Å². The van der Waals surface area contributed by atoms with Gasteiger partial charge in [-0.05, 0) is 36.1 Å². The van der Waals surface area contributed by atoms with E-state index in [1.54, 1.807) is 18.2 Å². The molecule has 3 rings (SSSR count). The van der Waals surface area contributed by atoms with E-state index < -0.39 is 10.0 Å². The van der Waals surface area contributed by atoms with Gasteiger partial charge in [-0.3, -0.25) is 9.69 Å². The van der Waals surface area contributed by atoms with E-state index in [-0.39, 0.29) is 10.8 Å². The molecule has 162 valence electrons. The fourth-order valence-corrected chi connectivity index (χ4v) is 4.96. The second-order valence-corrected chi connectivity index (χ2v) is 10.1. The van der Waals surface area contributed by atoms with E-state index in [0.717, 1.165) is 13.0 Å². The molecular weight excluding hydrogens is 398 g/mol. The third-order valence-electron chi connectivity index (χ3n) is 5.32. The normalized spacial score (nSPS) is 16.0. The van der Waals surface area contributed by atoms with Gasteiger partial charge in [-0.1, -0.05) is 50.2 Å². The number of piperazine rings is 1. The van der Waals surface area contributed by atoms with Crippen LogP contribution in [0.4, 0.5) is 0 Å². The van der Waals surface area contributed by atoms with Crippen molar-refractivity contribution < 1.29 is 13.2 Å². The average molecular weight is 430 g/mol. The van der Waals surface area contributed by atoms with Crippen molar-refractivity contribution in [1.29, 1.82) is 0 Å². The Bertz CT molecular complexity index is 937. The minimum atomic E-state index is -3.62. The zero-order chi connectivity index (χ0) is 21.6. The van der Waals surface area contributed by atoms with E-state index in [0.29, 0.717) is 44.2 Å². The highest BCUT2D eigenvalue weighted by Crippen LogP contribution is 2.20. The van der Waals surface area contributed by atoms with Crippen molar-refractivity contribution in [2.24, 2.45) is 5.92 Å². The zero-order valence-electron chi connectivity index (χ0n) is 17.8. The molecular formula is C23H31N3O3S. The number of hydrogen-bond acceptors (Lipinski definition) is 4. The van der Waals surface area contributed by atoms with Gasteiger partial charge in [0.1, 0.15) is 0 Å². The maximum absolute atomic E-state index is 13.1. The monoisotopic (exact) mass is 429 g/mol. The molecule has 1 amide bonds. The molecule has 30 heavy (non-hydrogen) atoms. The Hall–Kier alpha value is -2.22. The minimum Gasteiger partial charge on any atom is -0.352 e. The summed E-state index contributed by atoms with van der Waals surface area (Å²) in [6.45, 7) is 7.85. The summed E-state index contributed by atoms with van der Waals surface area (Å²) in [6, 6.07) is 16.5. The number of nitrogens with one attached hydrogen (secondary N) is 1. The predicted octanol–water partition coefficient (Wildman–Crippen LogP) is 2.97. The number of sulfonamides is 1. The molecule has 0 aliphatic carbocycles. The third-order valence-corrected chi connectivity index (χ3v) is 7.22. The highest BCUT2D eigenvalue weighted by atomic mass is 32.2. The topological polar surface area (TPSA) is 69.7 Å². The van der Waals surface area contributed by atoms with Crippen molar-refractivity contribution in [3.05, 3.63) is 65.7 Å². The van der Waals surface area contributed by atoms with Crippen LogP contribution in [0.5, 0.6) is 0 Å². The molecule has 1 fully saturated rings. The molecule has 1 saturated heterocycles. The van der Waals surface area contributed by atoms with Gasteiger partial charge in [-0.25, -0.2) is 8.42 Å². The molecule has 0 bridgehead atoms. The SMILES string of the molecule is CC(C)CCNC(=O)c1cccc(S(=O)(=O)N2CCN(Cc3ccccc3)CC2)c1. The minimum absolute atomic E-state index is 0.176. The van der Waals surface area contributed by atoms with Crippen molar-refractivity contribution in [3.8, 4) is 0 Å². The summed E-state index contributed by atoms with van der Waals surface area (Å²) in [4.78, 5) is 14.8. The summed E-state index contributed by atoms with van der Waals surface area (Å²) in [5.74, 6) is 0.262. The van der Waals surface area contributed by atoms with E-state index in [1.807, 2.05) is 18.2 Å².